The molecular weight excluding hydrogens is 1140 g/mol. The molecule has 0 aliphatic carbocycles. The lowest BCUT2D eigenvalue weighted by Gasteiger charge is -2.11. The van der Waals surface area contributed by atoms with Gasteiger partial charge in [-0.15, -0.1) is 0 Å². The smallest absolute Gasteiger partial charge is 0.341 e. The maximum absolute atomic E-state index is 13.3. The van der Waals surface area contributed by atoms with E-state index in [9.17, 15) is 50.7 Å². The van der Waals surface area contributed by atoms with Gasteiger partial charge in [0.2, 0.25) is 11.6 Å². The minimum Gasteiger partial charge on any atom is -0.494 e. The first-order valence-electron chi connectivity index (χ1n) is 27.1. The number of carbonyl (C=O) groups excluding carboxylic acids is 1. The summed E-state index contributed by atoms with van der Waals surface area (Å²) >= 11 is 5.78. The number of benzene rings is 5. The first-order chi connectivity index (χ1) is 39.9. The SMILES string of the molecule is CCCCOc1c(F)c(F)c(C(=O)O)c(F)c1F.CCCCOc1ccc(C(=O)O)c(Cl)c1.CCCCOc1ccc(C(=O)O)c(OCCCC)c1.CCCCOc1ccc(C(=O)O)cc1C(C)=O.CCCCOc1ccc(C(=O)O)cc1F. The highest BCUT2D eigenvalue weighted by Crippen LogP contribution is 2.31. The van der Waals surface area contributed by atoms with Gasteiger partial charge in [-0.2, -0.15) is 8.78 Å². The predicted octanol–water partition coefficient (Wildman–Crippen LogP) is 15.5. The Labute approximate surface area is 490 Å². The summed E-state index contributed by atoms with van der Waals surface area (Å²) in [5, 5.41) is 44.0. The Kier molecular flexibility index (Phi) is 36.0. The number of carboxylic acids is 5. The number of hydrogen-bond acceptors (Lipinski definition) is 12. The summed E-state index contributed by atoms with van der Waals surface area (Å²) in [5.74, 6) is -13.8. The van der Waals surface area contributed by atoms with E-state index in [2.05, 4.69) is 25.5 Å². The number of ether oxygens (including phenoxy) is 6. The summed E-state index contributed by atoms with van der Waals surface area (Å²) in [6.07, 6.45) is 10.8. The average molecular weight is 1210 g/mol. The Morgan fingerprint density at radius 3 is 1.17 bits per heavy atom. The second kappa shape index (κ2) is 41.0. The standard InChI is InChI=1S/C15H22O4.C13H16O4.C11H13ClO3.C11H10F4O3.C11H13FO3/c1-3-5-9-18-12-7-8-13(15(16)17)14(11-12)19-10-6-4-2;1-3-4-7-17-12-6-5-10(13(15)16)8-11(12)9(2)14;1-2-3-6-15-8-4-5-9(11(13)14)10(12)7-8;1-2-3-4-18-10-8(14)6(12)5(11(16)17)7(13)9(10)15;1-2-3-6-15-10-5-4-8(11(13)14)7-9(10)12/h7-8,11H,3-6,9-10H2,1-2H3,(H,16,17);5-6,8H,3-4,7H2,1-2H3,(H,15,16);4-5,7H,2-3,6H2,1H3,(H,13,14);2-4H2,1H3,(H,16,17);4-5,7H,2-3,6H2,1H3,(H,13,14). The normalized spacial score (nSPS) is 10.2. The van der Waals surface area contributed by atoms with E-state index in [4.69, 9.17) is 60.8 Å². The predicted molar refractivity (Wildman–Crippen MR) is 304 cm³/mol. The number of rotatable bonds is 30. The molecule has 0 amide bonds. The van der Waals surface area contributed by atoms with E-state index >= 15 is 0 Å². The van der Waals surface area contributed by atoms with Gasteiger partial charge < -0.3 is 54.0 Å². The summed E-state index contributed by atoms with van der Waals surface area (Å²) in [5.41, 5.74) is -1.05. The molecule has 0 heterocycles. The zero-order chi connectivity index (χ0) is 63.3. The lowest BCUT2D eigenvalue weighted by atomic mass is 10.1. The molecule has 0 aromatic heterocycles. The van der Waals surface area contributed by atoms with Crippen molar-refractivity contribution in [2.75, 3.05) is 39.6 Å². The number of halogens is 6. The Morgan fingerprint density at radius 1 is 0.393 bits per heavy atom. The molecule has 17 nitrogen and oxygen atoms in total. The van der Waals surface area contributed by atoms with E-state index in [-0.39, 0.29) is 45.4 Å². The Balaban J connectivity index is 0.000000526. The van der Waals surface area contributed by atoms with Gasteiger partial charge in [-0.1, -0.05) is 91.7 Å². The van der Waals surface area contributed by atoms with Crippen molar-refractivity contribution >= 4 is 47.2 Å². The molecule has 0 fully saturated rings. The molecular formula is C61H74ClF5O17. The minimum absolute atomic E-state index is 0.0738. The van der Waals surface area contributed by atoms with E-state index in [1.54, 1.807) is 25.1 Å². The van der Waals surface area contributed by atoms with Crippen LogP contribution in [0.3, 0.4) is 0 Å². The van der Waals surface area contributed by atoms with Crippen molar-refractivity contribution < 1.29 is 105 Å². The molecule has 0 saturated carbocycles. The highest BCUT2D eigenvalue weighted by molar-refractivity contribution is 6.33. The fourth-order valence-corrected chi connectivity index (χ4v) is 6.61. The monoisotopic (exact) mass is 1210 g/mol. The lowest BCUT2D eigenvalue weighted by molar-refractivity contribution is 0.0673. The van der Waals surface area contributed by atoms with E-state index in [1.807, 2.05) is 13.8 Å². The van der Waals surface area contributed by atoms with E-state index in [0.29, 0.717) is 74.4 Å². The third-order valence-electron chi connectivity index (χ3n) is 11.1. The zero-order valence-corrected chi connectivity index (χ0v) is 48.8. The molecule has 0 spiro atoms. The van der Waals surface area contributed by atoms with Gasteiger partial charge in [-0.05, 0) is 112 Å². The molecule has 23 heteroatoms. The number of unbranched alkanes of at least 4 members (excludes halogenated alkanes) is 6. The number of Topliss-reactive ketones (excluding diaryl/α,β-unsaturated/α-hetero) is 1. The van der Waals surface area contributed by atoms with Crippen molar-refractivity contribution in [2.24, 2.45) is 0 Å². The lowest BCUT2D eigenvalue weighted by Crippen LogP contribution is -2.12. The molecule has 0 bridgehead atoms. The number of ketones is 1. The Bertz CT molecular complexity index is 2870. The number of aromatic carboxylic acids is 5. The van der Waals surface area contributed by atoms with E-state index in [0.717, 1.165) is 70.3 Å². The average Bonchev–Trinajstić information content (AvgIpc) is 2.09. The molecule has 5 aromatic rings. The van der Waals surface area contributed by atoms with Gasteiger partial charge in [-0.25, -0.2) is 37.1 Å². The van der Waals surface area contributed by atoms with Gasteiger partial charge >= 0.3 is 29.8 Å². The van der Waals surface area contributed by atoms with Gasteiger partial charge in [0.25, 0.3) is 0 Å². The molecule has 84 heavy (non-hydrogen) atoms. The maximum atomic E-state index is 13.3. The van der Waals surface area contributed by atoms with Crippen LogP contribution in [-0.2, 0) is 0 Å². The van der Waals surface area contributed by atoms with Gasteiger partial charge in [0, 0.05) is 6.07 Å². The van der Waals surface area contributed by atoms with Crippen LogP contribution in [0, 0.1) is 29.1 Å². The van der Waals surface area contributed by atoms with Crippen LogP contribution in [0.5, 0.6) is 34.5 Å². The molecule has 5 rings (SSSR count). The molecule has 5 N–H and O–H groups in total. The highest BCUT2D eigenvalue weighted by atomic mass is 35.5. The third kappa shape index (κ3) is 26.4. The number of carbonyl (C=O) groups is 6. The van der Waals surface area contributed by atoms with Crippen molar-refractivity contribution in [1.29, 1.82) is 0 Å². The van der Waals surface area contributed by atoms with Gasteiger partial charge in [0.15, 0.2) is 34.7 Å². The molecule has 0 atom stereocenters. The van der Waals surface area contributed by atoms with E-state index < -0.39 is 70.2 Å². The van der Waals surface area contributed by atoms with E-state index in [1.165, 1.54) is 55.5 Å². The summed E-state index contributed by atoms with van der Waals surface area (Å²) in [6, 6.07) is 17.4. The quantitative estimate of drug-likeness (QED) is 0.0124. The van der Waals surface area contributed by atoms with Crippen LogP contribution >= 0.6 is 11.6 Å². The largest absolute Gasteiger partial charge is 0.494 e. The number of hydrogen-bond donors (Lipinski definition) is 5. The van der Waals surface area contributed by atoms with Crippen molar-refractivity contribution in [3.8, 4) is 34.5 Å². The first-order valence-corrected chi connectivity index (χ1v) is 27.5. The number of carboxylic acid groups (broad SMARTS) is 5. The minimum atomic E-state index is -2.09. The Hall–Kier alpha value is -8.14. The van der Waals surface area contributed by atoms with Crippen molar-refractivity contribution in [3.05, 3.63) is 140 Å². The topological polar surface area (TPSA) is 259 Å². The van der Waals surface area contributed by atoms with Crippen LogP contribution in [-0.4, -0.2) is 101 Å². The van der Waals surface area contributed by atoms with Crippen molar-refractivity contribution in [2.45, 2.75) is 126 Å². The van der Waals surface area contributed by atoms with Crippen molar-refractivity contribution in [1.82, 2.24) is 0 Å². The molecule has 0 radical (unpaired) electrons. The fraction of sp³-hybridized carbons (Fsp3) is 0.410. The second-order valence-corrected chi connectivity index (χ2v) is 18.3. The van der Waals surface area contributed by atoms with Crippen LogP contribution in [0.2, 0.25) is 5.02 Å². The zero-order valence-electron chi connectivity index (χ0n) is 48.1. The molecule has 0 aliphatic heterocycles. The van der Waals surface area contributed by atoms with Gasteiger partial charge in [0.1, 0.15) is 34.1 Å². The molecule has 0 saturated heterocycles. The molecule has 0 unspecified atom stereocenters. The van der Waals surface area contributed by atoms with Crippen LogP contribution in [0.15, 0.2) is 72.8 Å². The van der Waals surface area contributed by atoms with Gasteiger partial charge in [-0.3, -0.25) is 4.79 Å². The summed E-state index contributed by atoms with van der Waals surface area (Å²) in [4.78, 5) is 65.0. The Morgan fingerprint density at radius 2 is 0.774 bits per heavy atom. The first kappa shape index (κ1) is 73.9. The van der Waals surface area contributed by atoms with Gasteiger partial charge in [0.05, 0.1) is 66.9 Å². The summed E-state index contributed by atoms with van der Waals surface area (Å²) in [6.45, 7) is 16.1. The molecule has 0 aliphatic rings. The van der Waals surface area contributed by atoms with Crippen LogP contribution in [0.25, 0.3) is 0 Å². The fourth-order valence-electron chi connectivity index (χ4n) is 6.36. The molecule has 5 aromatic carbocycles. The van der Waals surface area contributed by atoms with Crippen LogP contribution in [0.1, 0.15) is 188 Å². The van der Waals surface area contributed by atoms with Crippen LogP contribution < -0.4 is 28.4 Å². The summed E-state index contributed by atoms with van der Waals surface area (Å²) in [7, 11) is 0. The summed E-state index contributed by atoms with van der Waals surface area (Å²) < 4.78 is 98.0. The highest BCUT2D eigenvalue weighted by Gasteiger charge is 2.30. The maximum Gasteiger partial charge on any atom is 0.341 e. The molecule has 462 valence electrons. The third-order valence-corrected chi connectivity index (χ3v) is 11.4. The van der Waals surface area contributed by atoms with Crippen molar-refractivity contribution in [3.63, 3.8) is 0 Å². The van der Waals surface area contributed by atoms with Crippen LogP contribution in [0.4, 0.5) is 22.0 Å². The second-order valence-electron chi connectivity index (χ2n) is 17.9.